The van der Waals surface area contributed by atoms with Crippen LogP contribution in [0.4, 0.5) is 4.79 Å². The molecule has 0 N–H and O–H groups in total. The van der Waals surface area contributed by atoms with E-state index in [9.17, 15) is 10.1 Å². The fourth-order valence-corrected chi connectivity index (χ4v) is 4.34. The van der Waals surface area contributed by atoms with Gasteiger partial charge < -0.3 is 9.64 Å². The molecule has 0 atom stereocenters. The maximum absolute atomic E-state index is 12.4. The van der Waals surface area contributed by atoms with Crippen molar-refractivity contribution in [3.8, 4) is 17.3 Å². The van der Waals surface area contributed by atoms with Gasteiger partial charge in [-0.3, -0.25) is 4.98 Å². The van der Waals surface area contributed by atoms with E-state index in [0.717, 1.165) is 34.1 Å². The van der Waals surface area contributed by atoms with Crippen molar-refractivity contribution in [2.75, 3.05) is 13.1 Å². The van der Waals surface area contributed by atoms with Crippen molar-refractivity contribution >= 4 is 33.6 Å². The number of benzene rings is 2. The number of carbonyl (C=O) groups is 1. The Kier molecular flexibility index (Phi) is 7.09. The molecule has 1 aliphatic rings. The van der Waals surface area contributed by atoms with Crippen molar-refractivity contribution < 1.29 is 9.53 Å². The fourth-order valence-electron chi connectivity index (χ4n) is 3.83. The van der Waals surface area contributed by atoms with Crippen LogP contribution in [0.15, 0.2) is 65.1 Å². The molecule has 5 nitrogen and oxygen atoms in total. The molecule has 0 unspecified atom stereocenters. The molecule has 162 valence electrons. The summed E-state index contributed by atoms with van der Waals surface area (Å²) in [5.41, 5.74) is 3.62. The predicted molar refractivity (Wildman–Crippen MR) is 127 cm³/mol. The monoisotopic (exact) mass is 509 g/mol. The van der Waals surface area contributed by atoms with Crippen LogP contribution in [-0.2, 0) is 11.3 Å². The van der Waals surface area contributed by atoms with E-state index in [2.05, 4.69) is 22.0 Å². The van der Waals surface area contributed by atoms with Crippen LogP contribution < -0.4 is 0 Å². The molecule has 0 bridgehead atoms. The zero-order valence-corrected chi connectivity index (χ0v) is 19.6. The van der Waals surface area contributed by atoms with Crippen molar-refractivity contribution in [3.63, 3.8) is 0 Å². The van der Waals surface area contributed by atoms with Crippen LogP contribution in [0.25, 0.3) is 11.3 Å². The Balaban J connectivity index is 1.44. The van der Waals surface area contributed by atoms with E-state index < -0.39 is 0 Å². The number of likely N-dealkylation sites (tertiary alicyclic amines) is 1. The topological polar surface area (TPSA) is 66.2 Å². The van der Waals surface area contributed by atoms with E-state index in [1.165, 1.54) is 0 Å². The number of hydrogen-bond acceptors (Lipinski definition) is 4. The van der Waals surface area contributed by atoms with E-state index in [0.29, 0.717) is 29.4 Å². The highest BCUT2D eigenvalue weighted by Crippen LogP contribution is 2.34. The Morgan fingerprint density at radius 1 is 1.16 bits per heavy atom. The number of amides is 1. The number of carbonyl (C=O) groups excluding carboxylic acids is 1. The van der Waals surface area contributed by atoms with Crippen molar-refractivity contribution in [2.45, 2.75) is 25.4 Å². The number of aromatic nitrogens is 1. The van der Waals surface area contributed by atoms with Crippen LogP contribution in [0.5, 0.6) is 0 Å². The number of halogens is 2. The molecule has 1 fully saturated rings. The van der Waals surface area contributed by atoms with Gasteiger partial charge in [0, 0.05) is 34.7 Å². The molecular formula is C25H21BrClN3O2. The highest BCUT2D eigenvalue weighted by Gasteiger charge is 2.27. The second-order valence-electron chi connectivity index (χ2n) is 7.67. The Bertz CT molecular complexity index is 1140. The maximum Gasteiger partial charge on any atom is 0.410 e. The number of piperidine rings is 1. The SMILES string of the molecule is N#Cc1c(Cl)cc(C2CCN(C(=O)OCc3ccccc3)CC2)nc1-c1ccc(Br)cc1. The number of pyridine rings is 1. The second-order valence-corrected chi connectivity index (χ2v) is 9.00. The minimum absolute atomic E-state index is 0.160. The lowest BCUT2D eigenvalue weighted by Gasteiger charge is -2.31. The predicted octanol–water partition coefficient (Wildman–Crippen LogP) is 6.55. The minimum atomic E-state index is -0.298. The molecule has 0 spiro atoms. The average Bonchev–Trinajstić information content (AvgIpc) is 2.83. The second kappa shape index (κ2) is 10.2. The lowest BCUT2D eigenvalue weighted by Crippen LogP contribution is -2.38. The average molecular weight is 511 g/mol. The van der Waals surface area contributed by atoms with E-state index in [4.69, 9.17) is 21.3 Å². The summed E-state index contributed by atoms with van der Waals surface area (Å²) in [5.74, 6) is 0.160. The smallest absolute Gasteiger partial charge is 0.410 e. The van der Waals surface area contributed by atoms with Crippen LogP contribution in [0.3, 0.4) is 0 Å². The zero-order valence-electron chi connectivity index (χ0n) is 17.3. The van der Waals surface area contributed by atoms with Gasteiger partial charge in [-0.2, -0.15) is 5.26 Å². The van der Waals surface area contributed by atoms with Crippen LogP contribution in [0.1, 0.15) is 35.6 Å². The highest BCUT2D eigenvalue weighted by atomic mass is 79.9. The lowest BCUT2D eigenvalue weighted by molar-refractivity contribution is 0.0868. The van der Waals surface area contributed by atoms with Gasteiger partial charge in [-0.1, -0.05) is 70.0 Å². The Hall–Kier alpha value is -2.88. The van der Waals surface area contributed by atoms with Gasteiger partial charge in [-0.25, -0.2) is 4.79 Å². The number of rotatable bonds is 4. The number of nitriles is 1. The largest absolute Gasteiger partial charge is 0.445 e. The van der Waals surface area contributed by atoms with Gasteiger partial charge in [0.1, 0.15) is 12.7 Å². The molecule has 1 amide bonds. The molecule has 0 saturated carbocycles. The van der Waals surface area contributed by atoms with E-state index in [1.54, 1.807) is 11.0 Å². The Morgan fingerprint density at radius 3 is 2.50 bits per heavy atom. The molecule has 1 saturated heterocycles. The molecule has 2 heterocycles. The molecule has 2 aromatic carbocycles. The summed E-state index contributed by atoms with van der Waals surface area (Å²) in [6.45, 7) is 1.44. The van der Waals surface area contributed by atoms with Crippen LogP contribution in [-0.4, -0.2) is 29.1 Å². The molecule has 0 aliphatic carbocycles. The summed E-state index contributed by atoms with van der Waals surface area (Å²) < 4.78 is 6.41. The summed E-state index contributed by atoms with van der Waals surface area (Å²) >= 11 is 9.89. The van der Waals surface area contributed by atoms with Crippen LogP contribution >= 0.6 is 27.5 Å². The summed E-state index contributed by atoms with van der Waals surface area (Å²) in [6.07, 6.45) is 1.22. The highest BCUT2D eigenvalue weighted by molar-refractivity contribution is 9.10. The first kappa shape index (κ1) is 22.3. The summed E-state index contributed by atoms with van der Waals surface area (Å²) in [7, 11) is 0. The summed E-state index contributed by atoms with van der Waals surface area (Å²) in [4.78, 5) is 19.0. The zero-order chi connectivity index (χ0) is 22.5. The molecule has 1 aromatic heterocycles. The standard InChI is InChI=1S/C25H21BrClN3O2/c26-20-8-6-19(7-9-20)24-21(15-28)22(27)14-23(29-24)18-10-12-30(13-11-18)25(31)32-16-17-4-2-1-3-5-17/h1-9,14,18H,10-13,16H2. The first-order chi connectivity index (χ1) is 15.5. The van der Waals surface area contributed by atoms with Gasteiger partial charge in [-0.05, 0) is 36.6 Å². The number of nitrogens with zero attached hydrogens (tertiary/aromatic N) is 3. The maximum atomic E-state index is 12.4. The van der Waals surface area contributed by atoms with Gasteiger partial charge in [0.15, 0.2) is 0 Å². The van der Waals surface area contributed by atoms with Crippen LogP contribution in [0, 0.1) is 11.3 Å². The number of hydrogen-bond donors (Lipinski definition) is 0. The third-order valence-electron chi connectivity index (χ3n) is 5.60. The van der Waals surface area contributed by atoms with Crippen molar-refractivity contribution in [1.82, 2.24) is 9.88 Å². The van der Waals surface area contributed by atoms with Crippen molar-refractivity contribution in [3.05, 3.63) is 87.0 Å². The fraction of sp³-hybridized carbons (Fsp3) is 0.240. The Morgan fingerprint density at radius 2 is 1.84 bits per heavy atom. The number of ether oxygens (including phenoxy) is 1. The first-order valence-corrected chi connectivity index (χ1v) is 11.5. The van der Waals surface area contributed by atoms with Gasteiger partial charge in [0.05, 0.1) is 16.3 Å². The minimum Gasteiger partial charge on any atom is -0.445 e. The van der Waals surface area contributed by atoms with E-state index in [-0.39, 0.29) is 18.6 Å². The molecule has 3 aromatic rings. The molecule has 4 rings (SSSR count). The summed E-state index contributed by atoms with van der Waals surface area (Å²) in [6, 6.07) is 21.3. The lowest BCUT2D eigenvalue weighted by atomic mass is 9.92. The van der Waals surface area contributed by atoms with E-state index >= 15 is 0 Å². The molecule has 0 radical (unpaired) electrons. The summed E-state index contributed by atoms with van der Waals surface area (Å²) in [5, 5.41) is 10.0. The van der Waals surface area contributed by atoms with E-state index in [1.807, 2.05) is 54.6 Å². The van der Waals surface area contributed by atoms with Gasteiger partial charge in [-0.15, -0.1) is 0 Å². The van der Waals surface area contributed by atoms with Gasteiger partial charge in [0.2, 0.25) is 0 Å². The van der Waals surface area contributed by atoms with Crippen molar-refractivity contribution in [1.29, 1.82) is 5.26 Å². The molecule has 32 heavy (non-hydrogen) atoms. The van der Waals surface area contributed by atoms with Gasteiger partial charge in [0.25, 0.3) is 0 Å². The third kappa shape index (κ3) is 5.12. The molecule has 1 aliphatic heterocycles. The van der Waals surface area contributed by atoms with Crippen molar-refractivity contribution in [2.24, 2.45) is 0 Å². The first-order valence-electron chi connectivity index (χ1n) is 10.4. The van der Waals surface area contributed by atoms with Gasteiger partial charge >= 0.3 is 6.09 Å². The Labute approximate surface area is 200 Å². The normalized spacial score (nSPS) is 14.1. The third-order valence-corrected chi connectivity index (χ3v) is 6.42. The molecule has 7 heteroatoms. The van der Waals surface area contributed by atoms with Crippen LogP contribution in [0.2, 0.25) is 5.02 Å². The molecular weight excluding hydrogens is 490 g/mol. The quantitative estimate of drug-likeness (QED) is 0.399.